The summed E-state index contributed by atoms with van der Waals surface area (Å²) in [7, 11) is 0. The number of benzene rings is 2. The molecule has 7 nitrogen and oxygen atoms in total. The number of allylic oxidation sites excluding steroid dienone is 3. The molecule has 0 fully saturated rings. The van der Waals surface area contributed by atoms with Crippen LogP contribution in [0.3, 0.4) is 0 Å². The van der Waals surface area contributed by atoms with Crippen molar-refractivity contribution in [2.75, 3.05) is 0 Å². The first-order valence-electron chi connectivity index (χ1n) is 23.0. The third kappa shape index (κ3) is 8.22. The number of halogens is 1. The molecule has 3 aliphatic rings. The van der Waals surface area contributed by atoms with Gasteiger partial charge in [0.15, 0.2) is 0 Å². The molecule has 0 radical (unpaired) electrons. The number of aromatic nitrogens is 6. The molecule has 6 aromatic heterocycles. The molecule has 2 atom stereocenters. The van der Waals surface area contributed by atoms with E-state index >= 15 is 0 Å². The van der Waals surface area contributed by atoms with E-state index in [4.69, 9.17) is 24.9 Å². The Morgan fingerprint density at radius 2 is 1.18 bits per heavy atom. The molecule has 0 bridgehead atoms. The first-order chi connectivity index (χ1) is 32.5. The van der Waals surface area contributed by atoms with Gasteiger partial charge in [-0.1, -0.05) is 94.8 Å². The van der Waals surface area contributed by atoms with E-state index in [9.17, 15) is 0 Å². The summed E-state index contributed by atoms with van der Waals surface area (Å²) in [6.45, 7) is 2.26. The lowest BCUT2D eigenvalue weighted by Crippen LogP contribution is -2.32. The number of pyridine rings is 5. The molecule has 2 aromatic carbocycles. The quantitative estimate of drug-likeness (QED) is 0.129. The summed E-state index contributed by atoms with van der Waals surface area (Å²) in [4.78, 5) is 29.8. The van der Waals surface area contributed by atoms with Crippen LogP contribution in [0.4, 0.5) is 0 Å². The molecule has 0 spiro atoms. The Morgan fingerprint density at radius 1 is 0.591 bits per heavy atom. The molecule has 0 saturated carbocycles. The second-order valence-corrected chi connectivity index (χ2v) is 18.5. The molecular formula is C58H48BrN7. The maximum atomic E-state index is 5.46. The fourth-order valence-electron chi connectivity index (χ4n) is 10.0. The summed E-state index contributed by atoms with van der Waals surface area (Å²) >= 11 is 3.70. The van der Waals surface area contributed by atoms with E-state index in [1.54, 1.807) is 6.20 Å². The highest BCUT2D eigenvalue weighted by Gasteiger charge is 2.38. The minimum Gasteiger partial charge on any atom is -0.317 e. The Morgan fingerprint density at radius 3 is 1.80 bits per heavy atom. The van der Waals surface area contributed by atoms with Crippen molar-refractivity contribution >= 4 is 45.4 Å². The average molecular weight is 923 g/mol. The lowest BCUT2D eigenvalue weighted by Gasteiger charge is -2.35. The van der Waals surface area contributed by atoms with Crippen molar-refractivity contribution in [2.24, 2.45) is 10.9 Å². The van der Waals surface area contributed by atoms with E-state index in [-0.39, 0.29) is 5.92 Å². The van der Waals surface area contributed by atoms with Crippen molar-refractivity contribution in [3.63, 3.8) is 0 Å². The van der Waals surface area contributed by atoms with E-state index in [1.807, 2.05) is 61.1 Å². The number of rotatable bonds is 11. The van der Waals surface area contributed by atoms with Crippen molar-refractivity contribution < 1.29 is 0 Å². The second-order valence-electron chi connectivity index (χ2n) is 17.6. The highest BCUT2D eigenvalue weighted by Crippen LogP contribution is 2.45. The van der Waals surface area contributed by atoms with Crippen LogP contribution in [0.5, 0.6) is 0 Å². The van der Waals surface area contributed by atoms with Crippen LogP contribution in [0.2, 0.25) is 0 Å². The van der Waals surface area contributed by atoms with Gasteiger partial charge in [-0.2, -0.15) is 0 Å². The molecular weight excluding hydrogens is 875 g/mol. The Kier molecular flexibility index (Phi) is 11.3. The van der Waals surface area contributed by atoms with E-state index in [0.29, 0.717) is 0 Å². The van der Waals surface area contributed by atoms with Crippen LogP contribution in [0, 0.1) is 5.92 Å². The summed E-state index contributed by atoms with van der Waals surface area (Å²) in [6.07, 6.45) is 23.5. The molecule has 7 heterocycles. The van der Waals surface area contributed by atoms with Gasteiger partial charge in [0, 0.05) is 63.4 Å². The maximum Gasteiger partial charge on any atom is 0.106 e. The Balaban J connectivity index is 0.946. The number of aryl methyl sites for hydroxylation is 1. The SMILES string of the molecule is CC1(c2cc(-n3c4c(c5c3CCC(c3ccccc3)=C5)C=C(c3ccccc3)CC4)cc(-c3ccccn3)n2)N=CC=CC1CCCc1ccnc(-c2cc(Br)cc(-c3ccccn3)n2)c1. The average Bonchev–Trinajstić information content (AvgIpc) is 3.71. The van der Waals surface area contributed by atoms with Gasteiger partial charge in [-0.3, -0.25) is 19.9 Å². The molecule has 66 heavy (non-hydrogen) atoms. The predicted molar refractivity (Wildman–Crippen MR) is 272 cm³/mol. The van der Waals surface area contributed by atoms with E-state index < -0.39 is 5.54 Å². The number of nitrogens with zero attached hydrogens (tertiary/aromatic N) is 7. The van der Waals surface area contributed by atoms with Gasteiger partial charge < -0.3 is 4.57 Å². The number of dihydropyridines is 1. The molecule has 2 unspecified atom stereocenters. The smallest absolute Gasteiger partial charge is 0.106 e. The van der Waals surface area contributed by atoms with Gasteiger partial charge in [-0.25, -0.2) is 9.97 Å². The zero-order valence-corrected chi connectivity index (χ0v) is 38.4. The Labute approximate surface area is 394 Å². The van der Waals surface area contributed by atoms with Crippen LogP contribution in [0.25, 0.3) is 63.1 Å². The number of aliphatic imine (C=N–C) groups is 1. The monoisotopic (exact) mass is 921 g/mol. The van der Waals surface area contributed by atoms with E-state index in [2.05, 4.69) is 148 Å². The van der Waals surface area contributed by atoms with Crippen LogP contribution < -0.4 is 0 Å². The van der Waals surface area contributed by atoms with Gasteiger partial charge in [-0.15, -0.1) is 0 Å². The molecule has 8 heteroatoms. The molecule has 2 aliphatic carbocycles. The van der Waals surface area contributed by atoms with Gasteiger partial charge in [0.2, 0.25) is 0 Å². The van der Waals surface area contributed by atoms with Crippen molar-refractivity contribution in [3.8, 4) is 39.9 Å². The number of hydrogen-bond donors (Lipinski definition) is 0. The van der Waals surface area contributed by atoms with E-state index in [1.165, 1.54) is 50.4 Å². The largest absolute Gasteiger partial charge is 0.317 e. The molecule has 322 valence electrons. The Bertz CT molecular complexity index is 3110. The second kappa shape index (κ2) is 18.0. The first kappa shape index (κ1) is 41.5. The third-order valence-electron chi connectivity index (χ3n) is 13.4. The van der Waals surface area contributed by atoms with Crippen LogP contribution in [0.1, 0.15) is 77.5 Å². The fraction of sp³-hybridized carbons (Fsp3) is 0.172. The lowest BCUT2D eigenvalue weighted by molar-refractivity contribution is 0.327. The van der Waals surface area contributed by atoms with Crippen molar-refractivity contribution in [1.29, 1.82) is 0 Å². The fourth-order valence-corrected chi connectivity index (χ4v) is 10.5. The summed E-state index contributed by atoms with van der Waals surface area (Å²) in [5, 5.41) is 0. The van der Waals surface area contributed by atoms with Crippen molar-refractivity contribution in [2.45, 2.75) is 57.4 Å². The zero-order valence-electron chi connectivity index (χ0n) is 36.9. The molecule has 0 saturated heterocycles. The highest BCUT2D eigenvalue weighted by atomic mass is 79.9. The zero-order chi connectivity index (χ0) is 44.5. The predicted octanol–water partition coefficient (Wildman–Crippen LogP) is 13.7. The third-order valence-corrected chi connectivity index (χ3v) is 13.9. The molecule has 0 amide bonds. The van der Waals surface area contributed by atoms with Gasteiger partial charge in [0.1, 0.15) is 5.54 Å². The number of hydrogen-bond acceptors (Lipinski definition) is 6. The minimum atomic E-state index is -0.603. The van der Waals surface area contributed by atoms with Gasteiger partial charge in [0.25, 0.3) is 0 Å². The summed E-state index contributed by atoms with van der Waals surface area (Å²) in [5.74, 6) is 0.121. The first-order valence-corrected chi connectivity index (χ1v) is 23.8. The minimum absolute atomic E-state index is 0.121. The van der Waals surface area contributed by atoms with Crippen LogP contribution in [-0.2, 0) is 24.8 Å². The molecule has 0 N–H and O–H groups in total. The molecule has 11 rings (SSSR count). The topological polar surface area (TPSA) is 81.7 Å². The summed E-state index contributed by atoms with van der Waals surface area (Å²) < 4.78 is 3.51. The standard InChI is InChI=1S/C58H48BrN7/c1-58(44(20-13-30-63-58)19-12-14-39-27-31-62-51(32-39)53-36-45(59)35-52(64-53)49-21-8-10-28-60-49)57-38-46(37-54(65-57)50-22-9-11-29-61-50)66-55-25-23-42(40-15-4-2-5-16-40)33-47(55)48-34-43(24-26-56(48)66)41-17-6-3-7-18-41/h2-11,13,15-18,20-22,27-38,44H,12,14,19,23-26H2,1H3. The maximum absolute atomic E-state index is 5.46. The van der Waals surface area contributed by atoms with Gasteiger partial charge >= 0.3 is 0 Å². The van der Waals surface area contributed by atoms with Crippen LogP contribution in [0.15, 0.2) is 174 Å². The molecule has 8 aromatic rings. The van der Waals surface area contributed by atoms with Crippen molar-refractivity contribution in [3.05, 3.63) is 214 Å². The van der Waals surface area contributed by atoms with E-state index in [0.717, 1.165) is 95.0 Å². The van der Waals surface area contributed by atoms with Crippen LogP contribution >= 0.6 is 15.9 Å². The number of fused-ring (bicyclic) bond motifs is 3. The summed E-state index contributed by atoms with van der Waals surface area (Å²) in [6, 6.07) is 46.6. The van der Waals surface area contributed by atoms with Crippen molar-refractivity contribution in [1.82, 2.24) is 29.5 Å². The molecule has 1 aliphatic heterocycles. The summed E-state index contributed by atoms with van der Waals surface area (Å²) in [5.41, 5.74) is 18.4. The van der Waals surface area contributed by atoms with Gasteiger partial charge in [-0.05, 0) is 159 Å². The highest BCUT2D eigenvalue weighted by molar-refractivity contribution is 9.10. The Hall–Kier alpha value is -7.16. The normalized spacial score (nSPS) is 17.5. The lowest BCUT2D eigenvalue weighted by atomic mass is 9.78. The van der Waals surface area contributed by atoms with Crippen LogP contribution in [-0.4, -0.2) is 35.7 Å². The van der Waals surface area contributed by atoms with Gasteiger partial charge in [0.05, 0.1) is 39.9 Å².